The number of carboxylic acid groups (broad SMARTS) is 1. The maximum absolute atomic E-state index is 12.3. The molecule has 0 amide bonds. The molecule has 3 aromatic rings. The monoisotopic (exact) mass is 461 g/mol. The van der Waals surface area contributed by atoms with E-state index in [0.29, 0.717) is 29.0 Å². The molecule has 2 aromatic heterocycles. The number of sulfonamides is 1. The Balaban J connectivity index is 1.48. The molecule has 0 radical (unpaired) electrons. The number of carbonyl (C=O) groups is 1. The van der Waals surface area contributed by atoms with Gasteiger partial charge in [-0.25, -0.2) is 13.2 Å². The van der Waals surface area contributed by atoms with Crippen molar-refractivity contribution in [2.75, 3.05) is 18.5 Å². The molecule has 5 rings (SSSR count). The summed E-state index contributed by atoms with van der Waals surface area (Å²) >= 11 is 1.13. The van der Waals surface area contributed by atoms with Crippen molar-refractivity contribution in [3.8, 4) is 0 Å². The maximum Gasteiger partial charge on any atom is 0.340 e. The summed E-state index contributed by atoms with van der Waals surface area (Å²) in [4.78, 5) is 39.8. The van der Waals surface area contributed by atoms with Gasteiger partial charge in [0, 0.05) is 10.4 Å². The third kappa shape index (κ3) is 3.17. The minimum atomic E-state index is -3.65. The molecule has 13 heteroatoms. The first kappa shape index (κ1) is 19.7. The number of aromatic carboxylic acids is 1. The van der Waals surface area contributed by atoms with Gasteiger partial charge in [-0.2, -0.15) is 4.68 Å². The van der Waals surface area contributed by atoms with E-state index in [-0.39, 0.29) is 33.9 Å². The van der Waals surface area contributed by atoms with Crippen molar-refractivity contribution in [3.05, 3.63) is 66.5 Å². The number of hydrogen-bond donors (Lipinski definition) is 4. The molecule has 2 aliphatic heterocycles. The molecule has 0 spiro atoms. The van der Waals surface area contributed by atoms with Gasteiger partial charge in [-0.1, -0.05) is 12.1 Å². The Labute approximate surface area is 178 Å². The zero-order chi connectivity index (χ0) is 21.9. The maximum atomic E-state index is 12.3. The van der Waals surface area contributed by atoms with Gasteiger partial charge < -0.3 is 10.4 Å². The fourth-order valence-electron chi connectivity index (χ4n) is 3.70. The van der Waals surface area contributed by atoms with E-state index in [1.165, 1.54) is 6.07 Å². The number of nitrogens with zero attached hydrogens (tertiary/aromatic N) is 2. The average molecular weight is 461 g/mol. The summed E-state index contributed by atoms with van der Waals surface area (Å²) in [6.45, 7) is 0.669. The van der Waals surface area contributed by atoms with Gasteiger partial charge in [0.05, 0.1) is 23.0 Å². The molecule has 1 aromatic carbocycles. The van der Waals surface area contributed by atoms with Crippen LogP contribution in [0.3, 0.4) is 0 Å². The predicted octanol–water partition coefficient (Wildman–Crippen LogP) is -0.355. The van der Waals surface area contributed by atoms with E-state index in [2.05, 4.69) is 20.5 Å². The molecule has 160 valence electrons. The number of hydrogen-bond acceptors (Lipinski definition) is 9. The summed E-state index contributed by atoms with van der Waals surface area (Å²) in [6.07, 6.45) is 0.458. The number of aromatic nitrogens is 1. The predicted molar refractivity (Wildman–Crippen MR) is 112 cm³/mol. The summed E-state index contributed by atoms with van der Waals surface area (Å²) in [5.41, 5.74) is 2.25. The minimum absolute atomic E-state index is 0.0265. The van der Waals surface area contributed by atoms with Gasteiger partial charge in [-0.05, 0) is 30.7 Å². The highest BCUT2D eigenvalue weighted by atomic mass is 32.2. The molecule has 0 aliphatic carbocycles. The smallest absolute Gasteiger partial charge is 0.340 e. The minimum Gasteiger partial charge on any atom is -0.478 e. The number of fused-ring (bicyclic) bond motifs is 2. The molecule has 0 saturated carbocycles. The van der Waals surface area contributed by atoms with Crippen LogP contribution in [0.1, 0.15) is 32.4 Å². The second-order valence-corrected chi connectivity index (χ2v) is 9.76. The third-order valence-electron chi connectivity index (χ3n) is 5.18. The molecule has 2 aliphatic rings. The first-order chi connectivity index (χ1) is 14.8. The number of rotatable bonds is 5. The van der Waals surface area contributed by atoms with Crippen molar-refractivity contribution in [1.82, 2.24) is 14.7 Å². The first-order valence-corrected chi connectivity index (χ1v) is 11.5. The number of benzene rings is 1. The second-order valence-electron chi connectivity index (χ2n) is 7.06. The largest absolute Gasteiger partial charge is 0.478 e. The van der Waals surface area contributed by atoms with E-state index in [1.807, 2.05) is 0 Å². The fraction of sp³-hybridized carbons (Fsp3) is 0.222. The molecule has 1 atom stereocenters. The quantitative estimate of drug-likeness (QED) is 0.375. The van der Waals surface area contributed by atoms with Crippen LogP contribution >= 0.6 is 11.3 Å². The van der Waals surface area contributed by atoms with Crippen LogP contribution in [-0.2, 0) is 16.4 Å². The van der Waals surface area contributed by atoms with Gasteiger partial charge >= 0.3 is 17.1 Å². The molecule has 0 fully saturated rings. The second kappa shape index (κ2) is 6.87. The Bertz CT molecular complexity index is 1420. The number of amidine groups is 1. The van der Waals surface area contributed by atoms with Gasteiger partial charge in [-0.3, -0.25) is 24.7 Å². The summed E-state index contributed by atoms with van der Waals surface area (Å²) < 4.78 is 27.7. The highest BCUT2D eigenvalue weighted by Crippen LogP contribution is 2.39. The van der Waals surface area contributed by atoms with Crippen molar-refractivity contribution in [1.29, 1.82) is 0 Å². The van der Waals surface area contributed by atoms with E-state index in [4.69, 9.17) is 0 Å². The van der Waals surface area contributed by atoms with Crippen molar-refractivity contribution in [2.24, 2.45) is 4.99 Å². The van der Waals surface area contributed by atoms with Crippen LogP contribution in [0.25, 0.3) is 0 Å². The fourth-order valence-corrected chi connectivity index (χ4v) is 6.25. The van der Waals surface area contributed by atoms with E-state index < -0.39 is 27.1 Å². The average Bonchev–Trinajstić information content (AvgIpc) is 3.05. The number of carboxylic acids is 1. The lowest BCUT2D eigenvalue weighted by atomic mass is 9.99. The number of nitrogens with one attached hydrogen (secondary N) is 3. The Morgan fingerprint density at radius 2 is 2.03 bits per heavy atom. The van der Waals surface area contributed by atoms with Crippen LogP contribution in [0, 0.1) is 0 Å². The number of thiophene rings is 1. The van der Waals surface area contributed by atoms with E-state index in [0.717, 1.165) is 16.0 Å². The number of anilines is 1. The van der Waals surface area contributed by atoms with E-state index in [9.17, 15) is 27.9 Å². The van der Waals surface area contributed by atoms with Gasteiger partial charge in [0.15, 0.2) is 0 Å². The zero-order valence-corrected chi connectivity index (χ0v) is 17.3. The lowest BCUT2D eigenvalue weighted by Crippen LogP contribution is -2.32. The normalized spacial score (nSPS) is 20.4. The lowest BCUT2D eigenvalue weighted by Gasteiger charge is -2.23. The Kier molecular flexibility index (Phi) is 4.35. The van der Waals surface area contributed by atoms with E-state index in [1.54, 1.807) is 18.2 Å². The van der Waals surface area contributed by atoms with Crippen molar-refractivity contribution >= 4 is 38.2 Å². The molecule has 4 N–H and O–H groups in total. The molecule has 1 unspecified atom stereocenters. The van der Waals surface area contributed by atoms with Crippen molar-refractivity contribution in [3.63, 3.8) is 0 Å². The molecule has 0 saturated heterocycles. The summed E-state index contributed by atoms with van der Waals surface area (Å²) in [6, 6.07) is 6.17. The Hall–Kier alpha value is -3.29. The SMILES string of the molecule is O=C(O)c1c(Nn2c(=O)c2=O)sc2c1CCNC2CN=C1NS(=O)(=O)c2ccccc21. The van der Waals surface area contributed by atoms with Crippen LogP contribution in [0.15, 0.2) is 43.7 Å². The first-order valence-electron chi connectivity index (χ1n) is 9.22. The number of aliphatic imine (C=N–C) groups is 1. The molecule has 31 heavy (non-hydrogen) atoms. The van der Waals surface area contributed by atoms with Crippen LogP contribution < -0.4 is 26.6 Å². The standard InChI is InChI=1S/C18H15N5O6S2/c24-16-17(25)23(16)21-15-12(18(26)27)9-5-6-19-10(13(9)30-15)7-20-14-8-3-1-2-4-11(8)31(28,29)22-14/h1-4,10,19,21H,5-7H2,(H,20,22)(H,26,27). The zero-order valence-electron chi connectivity index (χ0n) is 15.7. The highest BCUT2D eigenvalue weighted by molar-refractivity contribution is 7.90. The van der Waals surface area contributed by atoms with Crippen LogP contribution in [0.4, 0.5) is 5.00 Å². The highest BCUT2D eigenvalue weighted by Gasteiger charge is 2.33. The summed E-state index contributed by atoms with van der Waals surface area (Å²) in [7, 11) is -3.65. The lowest BCUT2D eigenvalue weighted by molar-refractivity contribution is 0.0697. The van der Waals surface area contributed by atoms with Crippen LogP contribution in [0.2, 0.25) is 0 Å². The molecular weight excluding hydrogens is 446 g/mol. The Morgan fingerprint density at radius 3 is 2.74 bits per heavy atom. The molecule has 11 nitrogen and oxygen atoms in total. The van der Waals surface area contributed by atoms with Crippen molar-refractivity contribution < 1.29 is 18.3 Å². The van der Waals surface area contributed by atoms with Crippen molar-refractivity contribution in [2.45, 2.75) is 17.4 Å². The van der Waals surface area contributed by atoms with Crippen LogP contribution in [-0.4, -0.2) is 43.1 Å². The molecular formula is C18H15N5O6S2. The summed E-state index contributed by atoms with van der Waals surface area (Å²) in [5.74, 6) is -0.927. The van der Waals surface area contributed by atoms with Gasteiger partial charge in [0.1, 0.15) is 10.8 Å². The van der Waals surface area contributed by atoms with Crippen LogP contribution in [0.5, 0.6) is 0 Å². The van der Waals surface area contributed by atoms with Gasteiger partial charge in [0.25, 0.3) is 10.0 Å². The third-order valence-corrected chi connectivity index (χ3v) is 7.83. The Morgan fingerprint density at radius 1 is 1.29 bits per heavy atom. The van der Waals surface area contributed by atoms with Gasteiger partial charge in [0.2, 0.25) is 0 Å². The summed E-state index contributed by atoms with van der Waals surface area (Å²) in [5, 5.41) is 13.2. The van der Waals surface area contributed by atoms with E-state index >= 15 is 0 Å². The van der Waals surface area contributed by atoms with Gasteiger partial charge in [-0.15, -0.1) is 11.3 Å². The topological polar surface area (TPSA) is 159 Å². The molecule has 4 heterocycles. The molecule has 0 bridgehead atoms.